The maximum atomic E-state index is 12.3. The molecule has 1 aromatic heterocycles. The average molecular weight is 317 g/mol. The molecule has 122 valence electrons. The molecule has 0 unspecified atom stereocenters. The molecule has 0 bridgehead atoms. The Morgan fingerprint density at radius 2 is 1.96 bits per heavy atom. The van der Waals surface area contributed by atoms with Crippen LogP contribution in [0, 0.1) is 0 Å². The van der Waals surface area contributed by atoms with E-state index < -0.39 is 17.7 Å². The van der Waals surface area contributed by atoms with Gasteiger partial charge in [-0.25, -0.2) is 4.79 Å². The topological polar surface area (TPSA) is 88.8 Å². The molecular weight excluding hydrogens is 300 g/mol. The number of carbonyl (C=O) groups is 1. The minimum absolute atomic E-state index is 0.118. The van der Waals surface area contributed by atoms with Crippen molar-refractivity contribution in [2.24, 2.45) is 0 Å². The summed E-state index contributed by atoms with van der Waals surface area (Å²) < 4.78 is 16.1. The first kappa shape index (κ1) is 15.4. The van der Waals surface area contributed by atoms with Crippen LogP contribution in [0.25, 0.3) is 11.0 Å². The molecule has 1 heterocycles. The second-order valence-corrected chi connectivity index (χ2v) is 5.61. The normalized spacial score (nSPS) is 15.0. The number of aliphatic carboxylic acids is 1. The Morgan fingerprint density at radius 1 is 1.26 bits per heavy atom. The van der Waals surface area contributed by atoms with Gasteiger partial charge in [0.05, 0.1) is 13.1 Å². The van der Waals surface area contributed by atoms with Crippen molar-refractivity contribution in [3.05, 3.63) is 33.7 Å². The van der Waals surface area contributed by atoms with Crippen LogP contribution < -0.4 is 20.2 Å². The van der Waals surface area contributed by atoms with E-state index in [0.29, 0.717) is 17.7 Å². The second-order valence-electron chi connectivity index (χ2n) is 5.61. The zero-order chi connectivity index (χ0) is 16.6. The molecule has 1 aromatic carbocycles. The molecule has 0 spiro atoms. The SMILES string of the molecule is COc1ccc2c3c(c(=O)oc2c1O[C@H](C)C(=O)[O-])CCCC3. The van der Waals surface area contributed by atoms with Gasteiger partial charge in [0.15, 0.2) is 11.3 Å². The van der Waals surface area contributed by atoms with Gasteiger partial charge in [0.1, 0.15) is 6.10 Å². The lowest BCUT2D eigenvalue weighted by Gasteiger charge is -2.21. The number of benzene rings is 1. The predicted molar refractivity (Wildman–Crippen MR) is 80.8 cm³/mol. The van der Waals surface area contributed by atoms with Crippen molar-refractivity contribution in [3.8, 4) is 11.5 Å². The molecule has 1 aliphatic carbocycles. The molecule has 0 saturated heterocycles. The zero-order valence-electron chi connectivity index (χ0n) is 13.0. The van der Waals surface area contributed by atoms with E-state index in [2.05, 4.69) is 0 Å². The van der Waals surface area contributed by atoms with Crippen molar-refractivity contribution >= 4 is 16.9 Å². The van der Waals surface area contributed by atoms with E-state index in [9.17, 15) is 14.7 Å². The van der Waals surface area contributed by atoms with Crippen LogP contribution in [0.4, 0.5) is 0 Å². The number of ether oxygens (including phenoxy) is 2. The highest BCUT2D eigenvalue weighted by Crippen LogP contribution is 2.38. The Morgan fingerprint density at radius 3 is 2.61 bits per heavy atom. The van der Waals surface area contributed by atoms with Gasteiger partial charge in [-0.05, 0) is 50.3 Å². The highest BCUT2D eigenvalue weighted by Gasteiger charge is 2.23. The highest BCUT2D eigenvalue weighted by atomic mass is 16.5. The summed E-state index contributed by atoms with van der Waals surface area (Å²) in [5.74, 6) is -0.930. The van der Waals surface area contributed by atoms with Crippen molar-refractivity contribution in [3.63, 3.8) is 0 Å². The van der Waals surface area contributed by atoms with E-state index >= 15 is 0 Å². The van der Waals surface area contributed by atoms with Gasteiger partial charge in [-0.3, -0.25) is 0 Å². The van der Waals surface area contributed by atoms with Gasteiger partial charge in [-0.15, -0.1) is 0 Å². The summed E-state index contributed by atoms with van der Waals surface area (Å²) in [4.78, 5) is 23.2. The van der Waals surface area contributed by atoms with Crippen LogP contribution in [0.1, 0.15) is 30.9 Å². The first-order valence-electron chi connectivity index (χ1n) is 7.56. The van der Waals surface area contributed by atoms with Crippen LogP contribution in [0.5, 0.6) is 11.5 Å². The molecule has 6 heteroatoms. The fourth-order valence-corrected chi connectivity index (χ4v) is 2.96. The summed E-state index contributed by atoms with van der Waals surface area (Å²) in [7, 11) is 1.44. The first-order chi connectivity index (χ1) is 11.0. The van der Waals surface area contributed by atoms with Crippen LogP contribution in [0.15, 0.2) is 21.3 Å². The fourth-order valence-electron chi connectivity index (χ4n) is 2.96. The van der Waals surface area contributed by atoms with Crippen LogP contribution in [-0.4, -0.2) is 19.2 Å². The molecule has 1 aliphatic rings. The minimum Gasteiger partial charge on any atom is -0.546 e. The smallest absolute Gasteiger partial charge is 0.339 e. The lowest BCUT2D eigenvalue weighted by Crippen LogP contribution is -2.37. The molecule has 23 heavy (non-hydrogen) atoms. The van der Waals surface area contributed by atoms with Crippen molar-refractivity contribution in [2.75, 3.05) is 7.11 Å². The van der Waals surface area contributed by atoms with E-state index in [4.69, 9.17) is 13.9 Å². The van der Waals surface area contributed by atoms with Gasteiger partial charge >= 0.3 is 5.63 Å². The summed E-state index contributed by atoms with van der Waals surface area (Å²) in [5.41, 5.74) is 1.48. The van der Waals surface area contributed by atoms with E-state index in [-0.39, 0.29) is 11.3 Å². The summed E-state index contributed by atoms with van der Waals surface area (Å²) in [5, 5.41) is 11.7. The van der Waals surface area contributed by atoms with Gasteiger partial charge in [0.25, 0.3) is 0 Å². The lowest BCUT2D eigenvalue weighted by atomic mass is 9.90. The van der Waals surface area contributed by atoms with Gasteiger partial charge in [-0.1, -0.05) is 0 Å². The van der Waals surface area contributed by atoms with E-state index in [1.165, 1.54) is 14.0 Å². The van der Waals surface area contributed by atoms with Crippen molar-refractivity contribution in [1.82, 2.24) is 0 Å². The number of methoxy groups -OCH3 is 1. The first-order valence-corrected chi connectivity index (χ1v) is 7.56. The largest absolute Gasteiger partial charge is 0.546 e. The molecule has 2 aromatic rings. The van der Waals surface area contributed by atoms with E-state index in [1.807, 2.05) is 6.07 Å². The molecule has 0 N–H and O–H groups in total. The number of carboxylic acid groups (broad SMARTS) is 1. The number of carbonyl (C=O) groups excluding carboxylic acids is 1. The Hall–Kier alpha value is -2.50. The molecular formula is C17H17O6-. The Kier molecular flexibility index (Phi) is 3.98. The summed E-state index contributed by atoms with van der Waals surface area (Å²) in [6.07, 6.45) is 2.26. The Bertz CT molecular complexity index is 820. The summed E-state index contributed by atoms with van der Waals surface area (Å²) in [6.45, 7) is 1.35. The quantitative estimate of drug-likeness (QED) is 0.787. The number of fused-ring (bicyclic) bond motifs is 3. The molecule has 0 aliphatic heterocycles. The Labute approximate surface area is 132 Å². The average Bonchev–Trinajstić information content (AvgIpc) is 2.55. The molecule has 0 fully saturated rings. The number of hydrogen-bond acceptors (Lipinski definition) is 6. The fraction of sp³-hybridized carbons (Fsp3) is 0.412. The molecule has 0 saturated carbocycles. The van der Waals surface area contributed by atoms with E-state index in [0.717, 1.165) is 30.2 Å². The van der Waals surface area contributed by atoms with Gasteiger partial charge in [-0.2, -0.15) is 0 Å². The van der Waals surface area contributed by atoms with Gasteiger partial charge < -0.3 is 23.8 Å². The number of aryl methyl sites for hydroxylation is 1. The molecule has 0 radical (unpaired) electrons. The van der Waals surface area contributed by atoms with Gasteiger partial charge in [0, 0.05) is 10.9 Å². The van der Waals surface area contributed by atoms with Crippen molar-refractivity contribution in [2.45, 2.75) is 38.7 Å². The zero-order valence-corrected chi connectivity index (χ0v) is 13.0. The summed E-state index contributed by atoms with van der Waals surface area (Å²) in [6, 6.07) is 3.51. The number of carboxylic acids is 1. The maximum absolute atomic E-state index is 12.3. The molecule has 0 amide bonds. The number of hydrogen-bond donors (Lipinski definition) is 0. The van der Waals surface area contributed by atoms with Crippen LogP contribution in [-0.2, 0) is 17.6 Å². The van der Waals surface area contributed by atoms with E-state index in [1.54, 1.807) is 6.07 Å². The number of rotatable bonds is 4. The van der Waals surface area contributed by atoms with Crippen LogP contribution in [0.2, 0.25) is 0 Å². The van der Waals surface area contributed by atoms with Crippen molar-refractivity contribution < 1.29 is 23.8 Å². The van der Waals surface area contributed by atoms with Crippen molar-refractivity contribution in [1.29, 1.82) is 0 Å². The molecule has 1 atom stereocenters. The second kappa shape index (κ2) is 5.95. The molecule has 3 rings (SSSR count). The molecule has 6 nitrogen and oxygen atoms in total. The van der Waals surface area contributed by atoms with Gasteiger partial charge in [0.2, 0.25) is 5.75 Å². The monoisotopic (exact) mass is 317 g/mol. The van der Waals surface area contributed by atoms with Crippen LogP contribution >= 0.6 is 0 Å². The Balaban J connectivity index is 2.26. The minimum atomic E-state index is -1.36. The highest BCUT2D eigenvalue weighted by molar-refractivity contribution is 5.89. The third kappa shape index (κ3) is 2.65. The third-order valence-corrected chi connectivity index (χ3v) is 4.16. The lowest BCUT2D eigenvalue weighted by molar-refractivity contribution is -0.312. The predicted octanol–water partition coefficient (Wildman–Crippen LogP) is 1.20. The third-order valence-electron chi connectivity index (χ3n) is 4.16. The summed E-state index contributed by atoms with van der Waals surface area (Å²) >= 11 is 0. The standard InChI is InChI=1S/C17H18O6/c1-9(16(18)19)22-15-13(21-2)8-7-11-10-5-3-4-6-12(10)17(20)23-14(11)15/h7-9H,3-6H2,1-2H3,(H,18,19)/p-1/t9-/m1/s1. The van der Waals surface area contributed by atoms with Crippen LogP contribution in [0.3, 0.4) is 0 Å². The maximum Gasteiger partial charge on any atom is 0.339 e.